The van der Waals surface area contributed by atoms with E-state index >= 15 is 0 Å². The first-order valence-electron chi connectivity index (χ1n) is 9.56. The Morgan fingerprint density at radius 2 is 1.57 bits per heavy atom. The number of carbonyl (C=O) groups is 3. The molecule has 28 heavy (non-hydrogen) atoms. The quantitative estimate of drug-likeness (QED) is 0.684. The molecule has 1 atom stereocenters. The van der Waals surface area contributed by atoms with Gasteiger partial charge in [-0.15, -0.1) is 0 Å². The Kier molecular flexibility index (Phi) is 6.78. The molecular formula is C22H25N3O3. The zero-order valence-corrected chi connectivity index (χ0v) is 15.8. The number of likely N-dealkylation sites (tertiary alicyclic amines) is 1. The lowest BCUT2D eigenvalue weighted by Gasteiger charge is -2.16. The predicted octanol–water partition coefficient (Wildman–Crippen LogP) is 1.62. The lowest BCUT2D eigenvalue weighted by molar-refractivity contribution is -0.129. The third kappa shape index (κ3) is 5.42. The van der Waals surface area contributed by atoms with Crippen LogP contribution in [0.25, 0.3) is 0 Å². The molecule has 2 aromatic rings. The Balaban J connectivity index is 1.36. The van der Waals surface area contributed by atoms with Crippen LogP contribution in [0.5, 0.6) is 0 Å². The van der Waals surface area contributed by atoms with Gasteiger partial charge in [-0.2, -0.15) is 0 Å². The van der Waals surface area contributed by atoms with Crippen LogP contribution in [-0.4, -0.2) is 48.8 Å². The number of amides is 3. The van der Waals surface area contributed by atoms with Crippen LogP contribution in [0.3, 0.4) is 0 Å². The van der Waals surface area contributed by atoms with Crippen molar-refractivity contribution < 1.29 is 14.4 Å². The first-order valence-corrected chi connectivity index (χ1v) is 9.56. The van der Waals surface area contributed by atoms with Gasteiger partial charge in [0, 0.05) is 38.2 Å². The molecule has 0 aliphatic carbocycles. The van der Waals surface area contributed by atoms with Gasteiger partial charge < -0.3 is 15.5 Å². The van der Waals surface area contributed by atoms with Gasteiger partial charge in [0.1, 0.15) is 0 Å². The summed E-state index contributed by atoms with van der Waals surface area (Å²) in [6.07, 6.45) is 1.03. The van der Waals surface area contributed by atoms with Gasteiger partial charge in [-0.05, 0) is 24.1 Å². The molecule has 146 valence electrons. The van der Waals surface area contributed by atoms with E-state index in [9.17, 15) is 14.4 Å². The summed E-state index contributed by atoms with van der Waals surface area (Å²) < 4.78 is 0. The molecule has 2 aromatic carbocycles. The van der Waals surface area contributed by atoms with Gasteiger partial charge >= 0.3 is 0 Å². The lowest BCUT2D eigenvalue weighted by Crippen LogP contribution is -2.38. The third-order valence-corrected chi connectivity index (χ3v) is 4.84. The van der Waals surface area contributed by atoms with E-state index in [2.05, 4.69) is 10.6 Å². The summed E-state index contributed by atoms with van der Waals surface area (Å²) in [5.74, 6) is -0.607. The van der Waals surface area contributed by atoms with Gasteiger partial charge in [0.25, 0.3) is 5.91 Å². The molecule has 3 rings (SSSR count). The molecule has 0 bridgehead atoms. The smallest absolute Gasteiger partial charge is 0.251 e. The van der Waals surface area contributed by atoms with Crippen molar-refractivity contribution in [3.8, 4) is 0 Å². The van der Waals surface area contributed by atoms with E-state index in [1.165, 1.54) is 5.56 Å². The minimum atomic E-state index is -0.326. The van der Waals surface area contributed by atoms with Gasteiger partial charge in [-0.3, -0.25) is 14.4 Å². The molecular weight excluding hydrogens is 354 g/mol. The maximum absolute atomic E-state index is 12.3. The standard InChI is InChI=1S/C22H25N3O3/c26-20-15-19(16-25(20)14-11-17-7-3-1-4-8-17)22(28)24-13-12-23-21(27)18-9-5-2-6-10-18/h1-10,19H,11-16H2,(H,23,27)(H,24,28). The Morgan fingerprint density at radius 1 is 0.929 bits per heavy atom. The van der Waals surface area contributed by atoms with E-state index in [0.29, 0.717) is 31.7 Å². The molecule has 1 heterocycles. The van der Waals surface area contributed by atoms with Crippen molar-refractivity contribution in [1.29, 1.82) is 0 Å². The minimum absolute atomic E-state index is 0.0217. The van der Waals surface area contributed by atoms with E-state index in [4.69, 9.17) is 0 Å². The SMILES string of the molecule is O=C(NCCNC(=O)C1CC(=O)N(CCc2ccccc2)C1)c1ccccc1. The summed E-state index contributed by atoms with van der Waals surface area (Å²) in [5, 5.41) is 5.58. The molecule has 6 nitrogen and oxygen atoms in total. The molecule has 3 amide bonds. The van der Waals surface area contributed by atoms with Crippen molar-refractivity contribution in [2.75, 3.05) is 26.2 Å². The van der Waals surface area contributed by atoms with Crippen LogP contribution in [0.15, 0.2) is 60.7 Å². The fraction of sp³-hybridized carbons (Fsp3) is 0.318. The number of rotatable bonds is 8. The molecule has 1 saturated heterocycles. The highest BCUT2D eigenvalue weighted by Crippen LogP contribution is 2.18. The van der Waals surface area contributed by atoms with Gasteiger partial charge in [-0.25, -0.2) is 0 Å². The zero-order valence-electron chi connectivity index (χ0n) is 15.8. The number of hydrogen-bond acceptors (Lipinski definition) is 3. The zero-order chi connectivity index (χ0) is 19.8. The molecule has 1 unspecified atom stereocenters. The molecule has 2 N–H and O–H groups in total. The number of benzene rings is 2. The van der Waals surface area contributed by atoms with Gasteiger partial charge in [0.2, 0.25) is 11.8 Å². The summed E-state index contributed by atoms with van der Waals surface area (Å²) in [6.45, 7) is 1.76. The Hall–Kier alpha value is -3.15. The number of hydrogen-bond donors (Lipinski definition) is 2. The Labute approximate surface area is 164 Å². The normalized spacial score (nSPS) is 16.1. The van der Waals surface area contributed by atoms with Crippen molar-refractivity contribution >= 4 is 17.7 Å². The van der Waals surface area contributed by atoms with Gasteiger partial charge in [-0.1, -0.05) is 48.5 Å². The maximum Gasteiger partial charge on any atom is 0.251 e. The predicted molar refractivity (Wildman–Crippen MR) is 107 cm³/mol. The molecule has 0 aromatic heterocycles. The summed E-state index contributed by atoms with van der Waals surface area (Å²) in [4.78, 5) is 38.2. The van der Waals surface area contributed by atoms with E-state index in [0.717, 1.165) is 6.42 Å². The first kappa shape index (κ1) is 19.6. The Morgan fingerprint density at radius 3 is 2.29 bits per heavy atom. The van der Waals surface area contributed by atoms with Crippen LogP contribution in [0.1, 0.15) is 22.3 Å². The van der Waals surface area contributed by atoms with Crippen molar-refractivity contribution in [3.05, 3.63) is 71.8 Å². The second-order valence-corrected chi connectivity index (χ2v) is 6.89. The number of nitrogens with one attached hydrogen (secondary N) is 2. The van der Waals surface area contributed by atoms with Crippen LogP contribution in [-0.2, 0) is 16.0 Å². The molecule has 6 heteroatoms. The van der Waals surface area contributed by atoms with Crippen molar-refractivity contribution in [2.24, 2.45) is 5.92 Å². The molecule has 0 spiro atoms. The number of carbonyl (C=O) groups excluding carboxylic acids is 3. The summed E-state index contributed by atoms with van der Waals surface area (Å²) in [5.41, 5.74) is 1.77. The average molecular weight is 379 g/mol. The van der Waals surface area contributed by atoms with Gasteiger partial charge in [0.05, 0.1) is 5.92 Å². The van der Waals surface area contributed by atoms with Crippen molar-refractivity contribution in [2.45, 2.75) is 12.8 Å². The highest BCUT2D eigenvalue weighted by atomic mass is 16.2. The minimum Gasteiger partial charge on any atom is -0.354 e. The summed E-state index contributed by atoms with van der Waals surface area (Å²) in [6, 6.07) is 18.9. The van der Waals surface area contributed by atoms with Gasteiger partial charge in [0.15, 0.2) is 0 Å². The fourth-order valence-corrected chi connectivity index (χ4v) is 3.27. The van der Waals surface area contributed by atoms with E-state index in [-0.39, 0.29) is 30.1 Å². The maximum atomic E-state index is 12.3. The topological polar surface area (TPSA) is 78.5 Å². The monoisotopic (exact) mass is 379 g/mol. The molecule has 1 fully saturated rings. The largest absolute Gasteiger partial charge is 0.354 e. The fourth-order valence-electron chi connectivity index (χ4n) is 3.27. The first-order chi connectivity index (χ1) is 13.6. The third-order valence-electron chi connectivity index (χ3n) is 4.84. The molecule has 0 radical (unpaired) electrons. The van der Waals surface area contributed by atoms with Crippen LogP contribution >= 0.6 is 0 Å². The summed E-state index contributed by atoms with van der Waals surface area (Å²) in [7, 11) is 0. The van der Waals surface area contributed by atoms with Crippen molar-refractivity contribution in [3.63, 3.8) is 0 Å². The average Bonchev–Trinajstić information content (AvgIpc) is 3.11. The van der Waals surface area contributed by atoms with Crippen LogP contribution in [0, 0.1) is 5.92 Å². The van der Waals surface area contributed by atoms with Crippen molar-refractivity contribution in [1.82, 2.24) is 15.5 Å². The highest BCUT2D eigenvalue weighted by Gasteiger charge is 2.33. The summed E-state index contributed by atoms with van der Waals surface area (Å²) >= 11 is 0. The van der Waals surface area contributed by atoms with E-state index in [1.807, 2.05) is 36.4 Å². The van der Waals surface area contributed by atoms with Crippen LogP contribution < -0.4 is 10.6 Å². The van der Waals surface area contributed by atoms with Crippen LogP contribution in [0.4, 0.5) is 0 Å². The van der Waals surface area contributed by atoms with E-state index in [1.54, 1.807) is 29.2 Å². The Bertz CT molecular complexity index is 808. The number of nitrogens with zero attached hydrogens (tertiary/aromatic N) is 1. The second kappa shape index (κ2) is 9.69. The molecule has 0 saturated carbocycles. The highest BCUT2D eigenvalue weighted by molar-refractivity contribution is 5.94. The molecule has 1 aliphatic heterocycles. The molecule has 1 aliphatic rings. The second-order valence-electron chi connectivity index (χ2n) is 6.89. The van der Waals surface area contributed by atoms with E-state index < -0.39 is 0 Å². The lowest BCUT2D eigenvalue weighted by atomic mass is 10.1. The van der Waals surface area contributed by atoms with Crippen LogP contribution in [0.2, 0.25) is 0 Å².